The highest BCUT2D eigenvalue weighted by atomic mass is 16.3. The van der Waals surface area contributed by atoms with Gasteiger partial charge in [0, 0.05) is 6.54 Å². The minimum absolute atomic E-state index is 0.000231. The molecule has 1 aliphatic rings. The zero-order chi connectivity index (χ0) is 11.4. The van der Waals surface area contributed by atoms with Crippen molar-refractivity contribution in [1.82, 2.24) is 4.90 Å². The third kappa shape index (κ3) is 3.18. The van der Waals surface area contributed by atoms with Gasteiger partial charge in [-0.1, -0.05) is 13.8 Å². The normalized spacial score (nSPS) is 23.5. The lowest BCUT2D eigenvalue weighted by atomic mass is 10.0. The maximum absolute atomic E-state index is 11.9. The highest BCUT2D eigenvalue weighted by molar-refractivity contribution is 5.82. The summed E-state index contributed by atoms with van der Waals surface area (Å²) in [6.45, 7) is 4.91. The lowest BCUT2D eigenvalue weighted by Crippen LogP contribution is -2.47. The molecule has 0 aromatic heterocycles. The molecule has 4 nitrogen and oxygen atoms in total. The Labute approximate surface area is 91.4 Å². The van der Waals surface area contributed by atoms with Crippen molar-refractivity contribution >= 4 is 5.91 Å². The number of aliphatic hydroxyl groups is 1. The van der Waals surface area contributed by atoms with Gasteiger partial charge in [0.25, 0.3) is 0 Å². The highest BCUT2D eigenvalue weighted by Gasteiger charge is 2.31. The summed E-state index contributed by atoms with van der Waals surface area (Å²) in [7, 11) is 0. The van der Waals surface area contributed by atoms with Crippen molar-refractivity contribution in [3.05, 3.63) is 0 Å². The Morgan fingerprint density at radius 3 is 2.80 bits per heavy atom. The van der Waals surface area contributed by atoms with Crippen LogP contribution < -0.4 is 5.73 Å². The van der Waals surface area contributed by atoms with E-state index in [9.17, 15) is 4.79 Å². The standard InChI is InChI=1S/C11H22N2O2/c1-8(2)6-10(12)11(15)13-5-3-4-9(13)7-14/h8-10,14H,3-7,12H2,1-2H3/t9-,10?/m1/s1. The van der Waals surface area contributed by atoms with Crippen LogP contribution in [0.25, 0.3) is 0 Å². The first-order valence-electron chi connectivity index (χ1n) is 5.73. The van der Waals surface area contributed by atoms with E-state index in [0.717, 1.165) is 19.4 Å². The third-order valence-electron chi connectivity index (χ3n) is 2.91. The first-order valence-corrected chi connectivity index (χ1v) is 5.73. The molecule has 0 aromatic rings. The van der Waals surface area contributed by atoms with Gasteiger partial charge in [-0.15, -0.1) is 0 Å². The Morgan fingerprint density at radius 2 is 2.27 bits per heavy atom. The summed E-state index contributed by atoms with van der Waals surface area (Å²) in [5.74, 6) is 0.430. The minimum atomic E-state index is -0.405. The number of hydrogen-bond acceptors (Lipinski definition) is 3. The molecule has 0 aromatic carbocycles. The van der Waals surface area contributed by atoms with E-state index in [0.29, 0.717) is 12.3 Å². The Hall–Kier alpha value is -0.610. The summed E-state index contributed by atoms with van der Waals surface area (Å²) >= 11 is 0. The van der Waals surface area contributed by atoms with Crippen molar-refractivity contribution in [3.8, 4) is 0 Å². The lowest BCUT2D eigenvalue weighted by Gasteiger charge is -2.26. The predicted octanol–water partition coefficient (Wildman–Crippen LogP) is 0.343. The highest BCUT2D eigenvalue weighted by Crippen LogP contribution is 2.18. The van der Waals surface area contributed by atoms with Crippen LogP contribution in [-0.2, 0) is 4.79 Å². The van der Waals surface area contributed by atoms with E-state index < -0.39 is 6.04 Å². The number of nitrogens with two attached hydrogens (primary N) is 1. The molecule has 1 unspecified atom stereocenters. The van der Waals surface area contributed by atoms with E-state index in [1.165, 1.54) is 0 Å². The minimum Gasteiger partial charge on any atom is -0.394 e. The first-order chi connectivity index (χ1) is 7.06. The summed E-state index contributed by atoms with van der Waals surface area (Å²) in [5, 5.41) is 9.11. The molecule has 0 spiro atoms. The van der Waals surface area contributed by atoms with Crippen molar-refractivity contribution < 1.29 is 9.90 Å². The monoisotopic (exact) mass is 214 g/mol. The molecule has 1 amide bonds. The van der Waals surface area contributed by atoms with Crippen LogP contribution in [0.5, 0.6) is 0 Å². The number of amides is 1. The van der Waals surface area contributed by atoms with E-state index in [4.69, 9.17) is 10.8 Å². The van der Waals surface area contributed by atoms with Crippen LogP contribution in [0, 0.1) is 5.92 Å². The number of likely N-dealkylation sites (tertiary alicyclic amines) is 1. The molecule has 0 aliphatic carbocycles. The number of hydrogen-bond donors (Lipinski definition) is 2. The molecule has 1 fully saturated rings. The SMILES string of the molecule is CC(C)CC(N)C(=O)N1CCC[C@@H]1CO. The van der Waals surface area contributed by atoms with E-state index in [1.54, 1.807) is 4.90 Å². The number of aliphatic hydroxyl groups excluding tert-OH is 1. The molecule has 3 N–H and O–H groups in total. The smallest absolute Gasteiger partial charge is 0.239 e. The van der Waals surface area contributed by atoms with Crippen molar-refractivity contribution in [1.29, 1.82) is 0 Å². The van der Waals surface area contributed by atoms with Gasteiger partial charge in [0.1, 0.15) is 0 Å². The fraction of sp³-hybridized carbons (Fsp3) is 0.909. The van der Waals surface area contributed by atoms with Crippen molar-refractivity contribution in [3.63, 3.8) is 0 Å². The van der Waals surface area contributed by atoms with Gasteiger partial charge < -0.3 is 15.7 Å². The van der Waals surface area contributed by atoms with Crippen molar-refractivity contribution in [2.75, 3.05) is 13.2 Å². The first kappa shape index (κ1) is 12.5. The molecule has 0 saturated carbocycles. The quantitative estimate of drug-likeness (QED) is 0.709. The third-order valence-corrected chi connectivity index (χ3v) is 2.91. The molecule has 0 bridgehead atoms. The summed E-state index contributed by atoms with van der Waals surface area (Å²) in [5.41, 5.74) is 5.84. The van der Waals surface area contributed by atoms with Gasteiger partial charge in [-0.05, 0) is 25.2 Å². The Morgan fingerprint density at radius 1 is 1.60 bits per heavy atom. The molecule has 1 heterocycles. The molecule has 88 valence electrons. The van der Waals surface area contributed by atoms with E-state index in [2.05, 4.69) is 13.8 Å². The summed E-state index contributed by atoms with van der Waals surface area (Å²) in [6, 6.07) is -0.409. The van der Waals surface area contributed by atoms with Crippen LogP contribution in [0.3, 0.4) is 0 Å². The molecular formula is C11H22N2O2. The van der Waals surface area contributed by atoms with Gasteiger partial charge in [-0.25, -0.2) is 0 Å². The Bertz CT molecular complexity index is 219. The van der Waals surface area contributed by atoms with Gasteiger partial charge >= 0.3 is 0 Å². The molecule has 15 heavy (non-hydrogen) atoms. The predicted molar refractivity (Wildman–Crippen MR) is 59.3 cm³/mol. The van der Waals surface area contributed by atoms with Gasteiger partial charge in [-0.3, -0.25) is 4.79 Å². The fourth-order valence-electron chi connectivity index (χ4n) is 2.14. The van der Waals surface area contributed by atoms with E-state index >= 15 is 0 Å². The number of carbonyl (C=O) groups is 1. The lowest BCUT2D eigenvalue weighted by molar-refractivity contribution is -0.134. The van der Waals surface area contributed by atoms with Crippen molar-refractivity contribution in [2.45, 2.75) is 45.2 Å². The van der Waals surface area contributed by atoms with E-state index in [-0.39, 0.29) is 18.6 Å². The number of carbonyl (C=O) groups excluding carboxylic acids is 1. The zero-order valence-corrected chi connectivity index (χ0v) is 9.65. The van der Waals surface area contributed by atoms with Gasteiger partial charge in [0.05, 0.1) is 18.7 Å². The summed E-state index contributed by atoms with van der Waals surface area (Å²) in [4.78, 5) is 13.7. The Balaban J connectivity index is 2.51. The maximum Gasteiger partial charge on any atom is 0.239 e. The second kappa shape index (κ2) is 5.47. The molecule has 1 aliphatic heterocycles. The maximum atomic E-state index is 11.9. The van der Waals surface area contributed by atoms with Gasteiger partial charge in [0.15, 0.2) is 0 Å². The van der Waals surface area contributed by atoms with Crippen LogP contribution in [0.2, 0.25) is 0 Å². The fourth-order valence-corrected chi connectivity index (χ4v) is 2.14. The zero-order valence-electron chi connectivity index (χ0n) is 9.65. The summed E-state index contributed by atoms with van der Waals surface area (Å²) in [6.07, 6.45) is 2.59. The van der Waals surface area contributed by atoms with Crippen LogP contribution in [-0.4, -0.2) is 41.1 Å². The number of rotatable bonds is 4. The molecular weight excluding hydrogens is 192 g/mol. The van der Waals surface area contributed by atoms with E-state index in [1.807, 2.05) is 0 Å². The van der Waals surface area contributed by atoms with Gasteiger partial charge in [-0.2, -0.15) is 0 Å². The van der Waals surface area contributed by atoms with Crippen LogP contribution >= 0.6 is 0 Å². The van der Waals surface area contributed by atoms with Crippen LogP contribution in [0.1, 0.15) is 33.1 Å². The topological polar surface area (TPSA) is 66.6 Å². The largest absolute Gasteiger partial charge is 0.394 e. The molecule has 4 heteroatoms. The molecule has 2 atom stereocenters. The second-order valence-corrected chi connectivity index (χ2v) is 4.75. The van der Waals surface area contributed by atoms with Gasteiger partial charge in [0.2, 0.25) is 5.91 Å². The van der Waals surface area contributed by atoms with Crippen LogP contribution in [0.15, 0.2) is 0 Å². The molecule has 0 radical (unpaired) electrons. The van der Waals surface area contributed by atoms with Crippen molar-refractivity contribution in [2.24, 2.45) is 11.7 Å². The summed E-state index contributed by atoms with van der Waals surface area (Å²) < 4.78 is 0. The average molecular weight is 214 g/mol. The van der Waals surface area contributed by atoms with Crippen LogP contribution in [0.4, 0.5) is 0 Å². The average Bonchev–Trinajstić information content (AvgIpc) is 2.62. The second-order valence-electron chi connectivity index (χ2n) is 4.75. The molecule has 1 saturated heterocycles. The Kier molecular flexibility index (Phi) is 4.54. The number of nitrogens with zero attached hydrogens (tertiary/aromatic N) is 1. The molecule has 1 rings (SSSR count).